The van der Waals surface area contributed by atoms with E-state index in [-0.39, 0.29) is 12.0 Å². The van der Waals surface area contributed by atoms with Gasteiger partial charge >= 0.3 is 0 Å². The molecule has 4 nitrogen and oxygen atoms in total. The summed E-state index contributed by atoms with van der Waals surface area (Å²) in [4.78, 5) is 11.0. The summed E-state index contributed by atoms with van der Waals surface area (Å²) in [5.41, 5.74) is 0. The molecule has 4 heteroatoms. The molecule has 1 aliphatic carbocycles. The number of hydrogen-bond donors (Lipinski definition) is 3. The summed E-state index contributed by atoms with van der Waals surface area (Å²) in [5.74, 6) is 0.579. The molecule has 2 rings (SSSR count). The van der Waals surface area contributed by atoms with Gasteiger partial charge in [0, 0.05) is 25.6 Å². The lowest BCUT2D eigenvalue weighted by Gasteiger charge is -2.28. The monoisotopic (exact) mass is 226 g/mol. The maximum Gasteiger partial charge on any atom is 0.220 e. The van der Waals surface area contributed by atoms with Crippen LogP contribution in [0.25, 0.3) is 0 Å². The number of hydrogen-bond acceptors (Lipinski definition) is 3. The van der Waals surface area contributed by atoms with Crippen molar-refractivity contribution in [1.82, 2.24) is 10.6 Å². The largest absolute Gasteiger partial charge is 0.393 e. The highest BCUT2D eigenvalue weighted by atomic mass is 16.3. The second kappa shape index (κ2) is 5.64. The van der Waals surface area contributed by atoms with Crippen molar-refractivity contribution in [2.75, 3.05) is 13.1 Å². The van der Waals surface area contributed by atoms with Crippen LogP contribution in [0.1, 0.15) is 38.5 Å². The van der Waals surface area contributed by atoms with E-state index in [4.69, 9.17) is 0 Å². The molecule has 3 N–H and O–H groups in total. The Balaban J connectivity index is 1.61. The third-order valence-corrected chi connectivity index (χ3v) is 3.75. The van der Waals surface area contributed by atoms with Gasteiger partial charge in [0.1, 0.15) is 0 Å². The molecule has 1 heterocycles. The summed E-state index contributed by atoms with van der Waals surface area (Å²) in [7, 11) is 0. The van der Waals surface area contributed by atoms with Gasteiger partial charge in [-0.25, -0.2) is 0 Å². The number of carbonyl (C=O) groups is 1. The Kier molecular flexibility index (Phi) is 4.18. The fourth-order valence-corrected chi connectivity index (χ4v) is 2.70. The average Bonchev–Trinajstić information content (AvgIpc) is 2.67. The molecular formula is C12H22N2O2. The number of nitrogens with one attached hydrogen (secondary N) is 2. The van der Waals surface area contributed by atoms with Crippen molar-refractivity contribution < 1.29 is 9.90 Å². The van der Waals surface area contributed by atoms with Crippen LogP contribution in [0, 0.1) is 5.92 Å². The van der Waals surface area contributed by atoms with Crippen LogP contribution in [0.3, 0.4) is 0 Å². The summed E-state index contributed by atoms with van der Waals surface area (Å²) in [5, 5.41) is 16.1. The van der Waals surface area contributed by atoms with Crippen LogP contribution in [0.2, 0.25) is 0 Å². The first-order valence-electron chi connectivity index (χ1n) is 6.44. The first-order valence-corrected chi connectivity index (χ1v) is 6.44. The minimum absolute atomic E-state index is 0.126. The van der Waals surface area contributed by atoms with Gasteiger partial charge in [0.25, 0.3) is 0 Å². The summed E-state index contributed by atoms with van der Waals surface area (Å²) in [6.45, 7) is 1.72. The highest BCUT2D eigenvalue weighted by Crippen LogP contribution is 2.23. The zero-order valence-corrected chi connectivity index (χ0v) is 9.74. The molecule has 92 valence electrons. The standard InChI is InChI=1S/C12H22N2O2/c15-11-4-2-1-3-9(11)7-13-8-10-5-6-12(16)14-10/h9-11,13,15H,1-8H2,(H,14,16). The van der Waals surface area contributed by atoms with Crippen LogP contribution in [0.5, 0.6) is 0 Å². The number of amides is 1. The van der Waals surface area contributed by atoms with Crippen molar-refractivity contribution in [3.63, 3.8) is 0 Å². The predicted molar refractivity (Wildman–Crippen MR) is 62.0 cm³/mol. The average molecular weight is 226 g/mol. The van der Waals surface area contributed by atoms with E-state index in [1.54, 1.807) is 0 Å². The maximum absolute atomic E-state index is 11.0. The van der Waals surface area contributed by atoms with Crippen molar-refractivity contribution in [2.45, 2.75) is 50.7 Å². The lowest BCUT2D eigenvalue weighted by Crippen LogP contribution is -2.40. The Bertz CT molecular complexity index is 245. The van der Waals surface area contributed by atoms with Crippen LogP contribution in [-0.4, -0.2) is 36.2 Å². The summed E-state index contributed by atoms with van der Waals surface area (Å²) >= 11 is 0. The Morgan fingerprint density at radius 1 is 1.25 bits per heavy atom. The molecule has 0 aromatic heterocycles. The van der Waals surface area contributed by atoms with E-state index in [9.17, 15) is 9.90 Å². The lowest BCUT2D eigenvalue weighted by molar-refractivity contribution is -0.119. The van der Waals surface area contributed by atoms with Crippen molar-refractivity contribution in [1.29, 1.82) is 0 Å². The molecule has 0 aromatic rings. The smallest absolute Gasteiger partial charge is 0.220 e. The van der Waals surface area contributed by atoms with E-state index >= 15 is 0 Å². The predicted octanol–water partition coefficient (Wildman–Crippen LogP) is 0.406. The fraction of sp³-hybridized carbons (Fsp3) is 0.917. The number of carbonyl (C=O) groups excluding carboxylic acids is 1. The van der Waals surface area contributed by atoms with E-state index < -0.39 is 0 Å². The summed E-state index contributed by atoms with van der Waals surface area (Å²) < 4.78 is 0. The SMILES string of the molecule is O=C1CCC(CNCC2CCCCC2O)N1. The lowest BCUT2D eigenvalue weighted by atomic mass is 9.86. The quantitative estimate of drug-likeness (QED) is 0.650. The zero-order chi connectivity index (χ0) is 11.4. The molecule has 0 radical (unpaired) electrons. The third-order valence-electron chi connectivity index (χ3n) is 3.75. The van der Waals surface area contributed by atoms with Gasteiger partial charge in [-0.3, -0.25) is 4.79 Å². The van der Waals surface area contributed by atoms with Gasteiger partial charge in [-0.1, -0.05) is 12.8 Å². The van der Waals surface area contributed by atoms with Gasteiger partial charge in [0.15, 0.2) is 0 Å². The Hall–Kier alpha value is -0.610. The van der Waals surface area contributed by atoms with Crippen LogP contribution in [0.15, 0.2) is 0 Å². The molecule has 0 spiro atoms. The van der Waals surface area contributed by atoms with Crippen molar-refractivity contribution in [2.24, 2.45) is 5.92 Å². The molecule has 0 aromatic carbocycles. The van der Waals surface area contributed by atoms with Gasteiger partial charge in [-0.2, -0.15) is 0 Å². The van der Waals surface area contributed by atoms with E-state index in [0.29, 0.717) is 18.4 Å². The number of aliphatic hydroxyl groups excluding tert-OH is 1. The molecule has 3 unspecified atom stereocenters. The highest BCUT2D eigenvalue weighted by Gasteiger charge is 2.24. The van der Waals surface area contributed by atoms with Gasteiger partial charge in [0.2, 0.25) is 5.91 Å². The molecule has 1 aliphatic heterocycles. The minimum atomic E-state index is -0.126. The normalized spacial score (nSPS) is 35.1. The number of aliphatic hydroxyl groups is 1. The van der Waals surface area contributed by atoms with Crippen LogP contribution < -0.4 is 10.6 Å². The third kappa shape index (κ3) is 3.19. The van der Waals surface area contributed by atoms with E-state index in [1.165, 1.54) is 6.42 Å². The first kappa shape index (κ1) is 11.9. The summed E-state index contributed by atoms with van der Waals surface area (Å²) in [6, 6.07) is 0.299. The highest BCUT2D eigenvalue weighted by molar-refractivity contribution is 5.78. The van der Waals surface area contributed by atoms with Crippen molar-refractivity contribution in [3.8, 4) is 0 Å². The fourth-order valence-electron chi connectivity index (χ4n) is 2.70. The van der Waals surface area contributed by atoms with Crippen molar-refractivity contribution >= 4 is 5.91 Å². The Morgan fingerprint density at radius 2 is 2.06 bits per heavy atom. The molecule has 16 heavy (non-hydrogen) atoms. The van der Waals surface area contributed by atoms with Crippen molar-refractivity contribution in [3.05, 3.63) is 0 Å². The zero-order valence-electron chi connectivity index (χ0n) is 9.74. The molecule has 1 amide bonds. The van der Waals surface area contributed by atoms with E-state index in [1.807, 2.05) is 0 Å². The second-order valence-corrected chi connectivity index (χ2v) is 5.07. The van der Waals surface area contributed by atoms with E-state index in [0.717, 1.165) is 38.8 Å². The van der Waals surface area contributed by atoms with Crippen LogP contribution >= 0.6 is 0 Å². The maximum atomic E-state index is 11.0. The molecule has 0 bridgehead atoms. The topological polar surface area (TPSA) is 61.4 Å². The van der Waals surface area contributed by atoms with Gasteiger partial charge in [-0.05, 0) is 25.2 Å². The molecule has 1 saturated carbocycles. The minimum Gasteiger partial charge on any atom is -0.393 e. The molecule has 1 saturated heterocycles. The molecule has 3 atom stereocenters. The molecule has 2 fully saturated rings. The van der Waals surface area contributed by atoms with Crippen LogP contribution in [0.4, 0.5) is 0 Å². The molecular weight excluding hydrogens is 204 g/mol. The second-order valence-electron chi connectivity index (χ2n) is 5.07. The Morgan fingerprint density at radius 3 is 2.75 bits per heavy atom. The van der Waals surface area contributed by atoms with Gasteiger partial charge in [0.05, 0.1) is 6.10 Å². The van der Waals surface area contributed by atoms with Crippen LogP contribution in [-0.2, 0) is 4.79 Å². The van der Waals surface area contributed by atoms with Gasteiger partial charge < -0.3 is 15.7 Å². The Labute approximate surface area is 96.8 Å². The number of rotatable bonds is 4. The first-order chi connectivity index (χ1) is 7.75. The summed E-state index contributed by atoms with van der Waals surface area (Å²) in [6.07, 6.45) is 5.97. The molecule has 2 aliphatic rings. The van der Waals surface area contributed by atoms with E-state index in [2.05, 4.69) is 10.6 Å². The van der Waals surface area contributed by atoms with Gasteiger partial charge in [-0.15, -0.1) is 0 Å².